The van der Waals surface area contributed by atoms with Crippen LogP contribution in [0.3, 0.4) is 0 Å². The molecule has 1 aromatic carbocycles. The summed E-state index contributed by atoms with van der Waals surface area (Å²) >= 11 is 1.28. The lowest BCUT2D eigenvalue weighted by molar-refractivity contribution is -0.132. The number of benzene rings is 1. The van der Waals surface area contributed by atoms with Crippen LogP contribution in [0.5, 0.6) is 5.75 Å². The van der Waals surface area contributed by atoms with Crippen LogP contribution >= 0.6 is 11.8 Å². The second kappa shape index (κ2) is 9.29. The molecule has 2 N–H and O–H groups in total. The highest BCUT2D eigenvalue weighted by atomic mass is 32.2. The zero-order chi connectivity index (χ0) is 20.1. The molecule has 0 spiro atoms. The average Bonchev–Trinajstić information content (AvgIpc) is 3.04. The number of morpholine rings is 1. The lowest BCUT2D eigenvalue weighted by Crippen LogP contribution is -2.41. The third-order valence-electron chi connectivity index (χ3n) is 4.57. The van der Waals surface area contributed by atoms with Crippen LogP contribution in [0.25, 0.3) is 0 Å². The normalized spacial score (nSPS) is 14.5. The van der Waals surface area contributed by atoms with Crippen molar-refractivity contribution in [1.29, 1.82) is 0 Å². The fourth-order valence-corrected chi connectivity index (χ4v) is 3.70. The lowest BCUT2D eigenvalue weighted by atomic mass is 10.0. The van der Waals surface area contributed by atoms with Crippen molar-refractivity contribution in [3.8, 4) is 5.75 Å². The molecule has 152 valence electrons. The van der Waals surface area contributed by atoms with E-state index >= 15 is 0 Å². The number of carbonyl (C=O) groups is 1. The van der Waals surface area contributed by atoms with Crippen molar-refractivity contribution in [1.82, 2.24) is 19.8 Å². The van der Waals surface area contributed by atoms with Gasteiger partial charge in [0.05, 0.1) is 19.0 Å². The Kier molecular flexibility index (Phi) is 6.79. The first-order valence-corrected chi connectivity index (χ1v) is 10.3. The molecular weight excluding hydrogens is 378 g/mol. The second-order valence-electron chi connectivity index (χ2n) is 7.04. The lowest BCUT2D eigenvalue weighted by Gasteiger charge is -2.26. The Labute approximate surface area is 169 Å². The summed E-state index contributed by atoms with van der Waals surface area (Å²) in [5.41, 5.74) is 2.27. The maximum absolute atomic E-state index is 12.3. The minimum Gasteiger partial charge on any atom is -0.485 e. The molecule has 1 aliphatic heterocycles. The Balaban J connectivity index is 1.59. The van der Waals surface area contributed by atoms with E-state index in [1.807, 2.05) is 13.0 Å². The number of ether oxygens (including phenoxy) is 2. The highest BCUT2D eigenvalue weighted by Gasteiger charge is 2.19. The molecule has 1 aromatic heterocycles. The third kappa shape index (κ3) is 4.96. The van der Waals surface area contributed by atoms with E-state index in [-0.39, 0.29) is 18.3 Å². The first-order chi connectivity index (χ1) is 13.5. The molecule has 1 amide bonds. The number of rotatable bonds is 7. The zero-order valence-electron chi connectivity index (χ0n) is 16.6. The van der Waals surface area contributed by atoms with Crippen LogP contribution in [-0.4, -0.2) is 57.7 Å². The van der Waals surface area contributed by atoms with Crippen molar-refractivity contribution in [3.63, 3.8) is 0 Å². The minimum atomic E-state index is 0.0513. The predicted molar refractivity (Wildman–Crippen MR) is 108 cm³/mol. The maximum atomic E-state index is 12.3. The van der Waals surface area contributed by atoms with Gasteiger partial charge < -0.3 is 20.2 Å². The molecule has 0 aliphatic carbocycles. The SMILES string of the molecule is Cc1ccc(C(C)C)c(OCc2nnc(SCC(=O)N3CCOCC3)n2N)c1. The van der Waals surface area contributed by atoms with Crippen molar-refractivity contribution in [2.24, 2.45) is 0 Å². The fraction of sp³-hybridized carbons (Fsp3) is 0.526. The number of hydrogen-bond donors (Lipinski definition) is 1. The second-order valence-corrected chi connectivity index (χ2v) is 7.98. The van der Waals surface area contributed by atoms with Crippen LogP contribution < -0.4 is 10.6 Å². The summed E-state index contributed by atoms with van der Waals surface area (Å²) in [5.74, 6) is 8.12. The standard InChI is InChI=1S/C19H27N5O3S/c1-13(2)15-5-4-14(3)10-16(15)27-11-17-21-22-19(24(17)20)28-12-18(25)23-6-8-26-9-7-23/h4-5,10,13H,6-9,11-12,20H2,1-3H3. The molecule has 0 radical (unpaired) electrons. The Morgan fingerprint density at radius 1 is 1.32 bits per heavy atom. The van der Waals surface area contributed by atoms with Crippen molar-refractivity contribution in [2.45, 2.75) is 38.5 Å². The molecule has 0 unspecified atom stereocenters. The third-order valence-corrected chi connectivity index (χ3v) is 5.50. The van der Waals surface area contributed by atoms with E-state index in [1.54, 1.807) is 4.90 Å². The number of nitrogen functional groups attached to an aromatic ring is 1. The van der Waals surface area contributed by atoms with Gasteiger partial charge in [-0.1, -0.05) is 37.7 Å². The van der Waals surface area contributed by atoms with Crippen LogP contribution in [0.4, 0.5) is 0 Å². The molecule has 0 atom stereocenters. The van der Waals surface area contributed by atoms with Gasteiger partial charge in [0, 0.05) is 13.1 Å². The predicted octanol–water partition coefficient (Wildman–Crippen LogP) is 1.95. The quantitative estimate of drug-likeness (QED) is 0.556. The van der Waals surface area contributed by atoms with Gasteiger partial charge in [0.25, 0.3) is 0 Å². The van der Waals surface area contributed by atoms with E-state index in [9.17, 15) is 4.79 Å². The highest BCUT2D eigenvalue weighted by molar-refractivity contribution is 7.99. The Hall–Kier alpha value is -2.26. The number of aromatic nitrogens is 3. The highest BCUT2D eigenvalue weighted by Crippen LogP contribution is 2.28. The van der Waals surface area contributed by atoms with E-state index in [0.29, 0.717) is 43.2 Å². The van der Waals surface area contributed by atoms with Gasteiger partial charge in [-0.25, -0.2) is 4.68 Å². The van der Waals surface area contributed by atoms with Crippen LogP contribution in [-0.2, 0) is 16.1 Å². The van der Waals surface area contributed by atoms with Gasteiger partial charge in [-0.3, -0.25) is 4.79 Å². The molecule has 2 aromatic rings. The number of nitrogens with zero attached hydrogens (tertiary/aromatic N) is 4. The summed E-state index contributed by atoms with van der Waals surface area (Å²) in [4.78, 5) is 14.1. The summed E-state index contributed by atoms with van der Waals surface area (Å²) in [6.07, 6.45) is 0. The fourth-order valence-electron chi connectivity index (χ4n) is 2.92. The molecule has 0 saturated carbocycles. The summed E-state index contributed by atoms with van der Waals surface area (Å²) in [5, 5.41) is 8.71. The Morgan fingerprint density at radius 2 is 2.07 bits per heavy atom. The van der Waals surface area contributed by atoms with Crippen LogP contribution in [0.2, 0.25) is 0 Å². The number of nitrogens with two attached hydrogens (primary N) is 1. The van der Waals surface area contributed by atoms with Crippen molar-refractivity contribution < 1.29 is 14.3 Å². The summed E-state index contributed by atoms with van der Waals surface area (Å²) in [6.45, 7) is 8.93. The number of carbonyl (C=O) groups excluding carboxylic acids is 1. The molecule has 28 heavy (non-hydrogen) atoms. The summed E-state index contributed by atoms with van der Waals surface area (Å²) in [6, 6.07) is 6.18. The van der Waals surface area contributed by atoms with Crippen LogP contribution in [0, 0.1) is 6.92 Å². The van der Waals surface area contributed by atoms with Gasteiger partial charge in [-0.2, -0.15) is 0 Å². The van der Waals surface area contributed by atoms with E-state index in [4.69, 9.17) is 15.3 Å². The van der Waals surface area contributed by atoms with Gasteiger partial charge >= 0.3 is 0 Å². The van der Waals surface area contributed by atoms with Crippen molar-refractivity contribution >= 4 is 17.7 Å². The first-order valence-electron chi connectivity index (χ1n) is 9.36. The van der Waals surface area contributed by atoms with E-state index in [1.165, 1.54) is 16.4 Å². The van der Waals surface area contributed by atoms with Crippen molar-refractivity contribution in [3.05, 3.63) is 35.2 Å². The topological polar surface area (TPSA) is 95.5 Å². The molecule has 8 nitrogen and oxygen atoms in total. The summed E-state index contributed by atoms with van der Waals surface area (Å²) in [7, 11) is 0. The molecule has 3 rings (SSSR count). The molecule has 1 fully saturated rings. The van der Waals surface area contributed by atoms with E-state index in [0.717, 1.165) is 16.9 Å². The first kappa shape index (κ1) is 20.5. The van der Waals surface area contributed by atoms with Gasteiger partial charge in [-0.05, 0) is 30.0 Å². The minimum absolute atomic E-state index is 0.0513. The largest absolute Gasteiger partial charge is 0.485 e. The maximum Gasteiger partial charge on any atom is 0.233 e. The number of thioether (sulfide) groups is 1. The van der Waals surface area contributed by atoms with Crippen LogP contribution in [0.15, 0.2) is 23.4 Å². The molecule has 2 heterocycles. The Morgan fingerprint density at radius 3 is 2.79 bits per heavy atom. The van der Waals surface area contributed by atoms with Gasteiger partial charge in [0.2, 0.25) is 11.1 Å². The summed E-state index contributed by atoms with van der Waals surface area (Å²) < 4.78 is 12.6. The van der Waals surface area contributed by atoms with Crippen molar-refractivity contribution in [2.75, 3.05) is 37.9 Å². The van der Waals surface area contributed by atoms with E-state index < -0.39 is 0 Å². The van der Waals surface area contributed by atoms with Gasteiger partial charge in [0.15, 0.2) is 5.82 Å². The van der Waals surface area contributed by atoms with Gasteiger partial charge in [0.1, 0.15) is 12.4 Å². The zero-order valence-corrected chi connectivity index (χ0v) is 17.4. The smallest absolute Gasteiger partial charge is 0.233 e. The molecular formula is C19H27N5O3S. The number of aryl methyl sites for hydroxylation is 1. The molecule has 1 aliphatic rings. The molecule has 9 heteroatoms. The van der Waals surface area contributed by atoms with Crippen LogP contribution in [0.1, 0.15) is 36.7 Å². The molecule has 0 bridgehead atoms. The number of amides is 1. The van der Waals surface area contributed by atoms with Gasteiger partial charge in [-0.15, -0.1) is 10.2 Å². The molecule has 1 saturated heterocycles. The number of hydrogen-bond acceptors (Lipinski definition) is 7. The Bertz CT molecular complexity index is 818. The monoisotopic (exact) mass is 405 g/mol. The average molecular weight is 406 g/mol. The van der Waals surface area contributed by atoms with E-state index in [2.05, 4.69) is 36.2 Å².